The summed E-state index contributed by atoms with van der Waals surface area (Å²) in [4.78, 5) is 11.3. The number of rotatable bonds is 10. The van der Waals surface area contributed by atoms with Gasteiger partial charge in [-0.1, -0.05) is 32.6 Å². The first kappa shape index (κ1) is 17.2. The molecule has 0 saturated carbocycles. The van der Waals surface area contributed by atoms with Crippen molar-refractivity contribution in [2.75, 3.05) is 12.5 Å². The van der Waals surface area contributed by atoms with Crippen LogP contribution < -0.4 is 0 Å². The first-order valence-electron chi connectivity index (χ1n) is 6.32. The lowest BCUT2D eigenvalue weighted by Crippen LogP contribution is -2.38. The Morgan fingerprint density at radius 1 is 1.35 bits per heavy atom. The van der Waals surface area contributed by atoms with E-state index in [1.54, 1.807) is 0 Å². The van der Waals surface area contributed by atoms with E-state index >= 15 is 0 Å². The van der Waals surface area contributed by atoms with Crippen LogP contribution in [0.3, 0.4) is 0 Å². The smallest absolute Gasteiger partial charge is 0.130 e. The molecular formula is C13H24Cl2O2. The van der Waals surface area contributed by atoms with E-state index in [4.69, 9.17) is 23.2 Å². The number of carbonyl (C=O) groups is 1. The van der Waals surface area contributed by atoms with Crippen LogP contribution in [0.1, 0.15) is 52.4 Å². The molecule has 0 aliphatic heterocycles. The lowest BCUT2D eigenvalue weighted by Gasteiger charge is -2.34. The first-order valence-corrected chi connectivity index (χ1v) is 7.30. The van der Waals surface area contributed by atoms with E-state index in [0.717, 1.165) is 19.3 Å². The van der Waals surface area contributed by atoms with Gasteiger partial charge in [-0.3, -0.25) is 0 Å². The molecule has 0 aromatic rings. The van der Waals surface area contributed by atoms with Gasteiger partial charge in [0.2, 0.25) is 0 Å². The van der Waals surface area contributed by atoms with Crippen molar-refractivity contribution < 1.29 is 9.90 Å². The summed E-state index contributed by atoms with van der Waals surface area (Å²) in [7, 11) is 0. The van der Waals surface area contributed by atoms with E-state index in [0.29, 0.717) is 6.42 Å². The molecule has 0 amide bonds. The Balaban J connectivity index is 4.50. The van der Waals surface area contributed by atoms with Crippen LogP contribution in [0.5, 0.6) is 0 Å². The summed E-state index contributed by atoms with van der Waals surface area (Å²) >= 11 is 12.0. The number of Topliss-reactive ketones (excluding diaryl/α,β-unsaturated/α-hetero) is 1. The number of carbonyl (C=O) groups excluding carboxylic acids is 1. The van der Waals surface area contributed by atoms with Gasteiger partial charge in [-0.2, -0.15) is 0 Å². The molecule has 0 radical (unpaired) electrons. The number of halogens is 2. The number of ketones is 1. The van der Waals surface area contributed by atoms with Crippen molar-refractivity contribution in [2.24, 2.45) is 5.41 Å². The van der Waals surface area contributed by atoms with Gasteiger partial charge in [0.05, 0.1) is 12.0 Å². The van der Waals surface area contributed by atoms with Crippen LogP contribution in [-0.4, -0.2) is 28.8 Å². The quantitative estimate of drug-likeness (QED) is 0.489. The molecule has 2 atom stereocenters. The van der Waals surface area contributed by atoms with Gasteiger partial charge < -0.3 is 9.90 Å². The maximum atomic E-state index is 11.3. The summed E-state index contributed by atoms with van der Waals surface area (Å²) in [5.41, 5.74) is -0.539. The zero-order valence-corrected chi connectivity index (χ0v) is 12.4. The fraction of sp³-hybridized carbons (Fsp3) is 0.923. The van der Waals surface area contributed by atoms with Crippen molar-refractivity contribution in [3.8, 4) is 0 Å². The van der Waals surface area contributed by atoms with Crippen LogP contribution in [0.4, 0.5) is 0 Å². The fourth-order valence-electron chi connectivity index (χ4n) is 2.15. The predicted molar refractivity (Wildman–Crippen MR) is 73.9 cm³/mol. The molecule has 0 heterocycles. The third kappa shape index (κ3) is 6.08. The van der Waals surface area contributed by atoms with E-state index in [-0.39, 0.29) is 23.6 Å². The van der Waals surface area contributed by atoms with E-state index < -0.39 is 5.41 Å². The van der Waals surface area contributed by atoms with Gasteiger partial charge in [0, 0.05) is 17.7 Å². The van der Waals surface area contributed by atoms with Crippen molar-refractivity contribution in [1.82, 2.24) is 0 Å². The third-order valence-electron chi connectivity index (χ3n) is 3.24. The molecule has 0 bridgehead atoms. The molecule has 2 unspecified atom stereocenters. The predicted octanol–water partition coefficient (Wildman–Crippen LogP) is 3.76. The standard InChI is InChI=1S/C13H24Cl2O2/c1-3-4-5-6-7-13(10-16,8-11(2)17)12(15)9-14/h12,16H,3-10H2,1-2H3. The first-order chi connectivity index (χ1) is 8.02. The molecule has 0 rings (SSSR count). The maximum absolute atomic E-state index is 11.3. The number of hydrogen-bond donors (Lipinski definition) is 1. The highest BCUT2D eigenvalue weighted by atomic mass is 35.5. The Morgan fingerprint density at radius 3 is 2.41 bits per heavy atom. The van der Waals surface area contributed by atoms with Crippen molar-refractivity contribution in [2.45, 2.75) is 57.7 Å². The molecule has 1 N–H and O–H groups in total. The highest BCUT2D eigenvalue weighted by Crippen LogP contribution is 2.37. The van der Waals surface area contributed by atoms with E-state index in [1.807, 2.05) is 0 Å². The SMILES string of the molecule is CCCCCCC(CO)(CC(C)=O)C(Cl)CCl. The highest BCUT2D eigenvalue weighted by molar-refractivity contribution is 6.28. The zero-order chi connectivity index (χ0) is 13.3. The molecule has 2 nitrogen and oxygen atoms in total. The third-order valence-corrected chi connectivity index (χ3v) is 4.33. The Bertz CT molecular complexity index is 221. The lowest BCUT2D eigenvalue weighted by molar-refractivity contribution is -0.120. The molecule has 0 fully saturated rings. The van der Waals surface area contributed by atoms with E-state index in [2.05, 4.69) is 6.92 Å². The summed E-state index contributed by atoms with van der Waals surface area (Å²) < 4.78 is 0. The minimum Gasteiger partial charge on any atom is -0.396 e. The number of alkyl halides is 2. The van der Waals surface area contributed by atoms with Gasteiger partial charge in [-0.25, -0.2) is 0 Å². The summed E-state index contributed by atoms with van der Waals surface area (Å²) in [5, 5.41) is 9.24. The zero-order valence-electron chi connectivity index (χ0n) is 10.8. The minimum atomic E-state index is -0.539. The largest absolute Gasteiger partial charge is 0.396 e. The average molecular weight is 283 g/mol. The van der Waals surface area contributed by atoms with Gasteiger partial charge in [0.25, 0.3) is 0 Å². The van der Waals surface area contributed by atoms with E-state index in [1.165, 1.54) is 19.8 Å². The lowest BCUT2D eigenvalue weighted by atomic mass is 9.76. The van der Waals surface area contributed by atoms with Crippen LogP contribution in [-0.2, 0) is 4.79 Å². The van der Waals surface area contributed by atoms with Crippen LogP contribution in [0.25, 0.3) is 0 Å². The molecule has 0 spiro atoms. The van der Waals surface area contributed by atoms with Gasteiger partial charge in [-0.05, 0) is 13.3 Å². The van der Waals surface area contributed by atoms with Crippen LogP contribution in [0, 0.1) is 5.41 Å². The van der Waals surface area contributed by atoms with Crippen LogP contribution in [0.15, 0.2) is 0 Å². The molecule has 17 heavy (non-hydrogen) atoms. The second kappa shape index (κ2) is 9.18. The van der Waals surface area contributed by atoms with Gasteiger partial charge in [-0.15, -0.1) is 23.2 Å². The summed E-state index contributed by atoms with van der Waals surface area (Å²) in [6.07, 6.45) is 5.53. The second-order valence-electron chi connectivity index (χ2n) is 4.83. The van der Waals surface area contributed by atoms with E-state index in [9.17, 15) is 9.90 Å². The molecule has 0 aliphatic rings. The van der Waals surface area contributed by atoms with Crippen LogP contribution >= 0.6 is 23.2 Å². The summed E-state index contributed by atoms with van der Waals surface area (Å²) in [6.45, 7) is 3.62. The Kier molecular flexibility index (Phi) is 9.29. The summed E-state index contributed by atoms with van der Waals surface area (Å²) in [5.74, 6) is 0.328. The molecule has 0 saturated heterocycles. The van der Waals surface area contributed by atoms with Crippen molar-refractivity contribution >= 4 is 29.0 Å². The number of aliphatic hydroxyl groups is 1. The van der Waals surface area contributed by atoms with Crippen molar-refractivity contribution in [3.63, 3.8) is 0 Å². The number of hydrogen-bond acceptors (Lipinski definition) is 2. The number of aliphatic hydroxyl groups excluding tert-OH is 1. The van der Waals surface area contributed by atoms with Gasteiger partial charge >= 0.3 is 0 Å². The molecule has 102 valence electrons. The van der Waals surface area contributed by atoms with Crippen LogP contribution in [0.2, 0.25) is 0 Å². The minimum absolute atomic E-state index is 0.0605. The van der Waals surface area contributed by atoms with Crippen molar-refractivity contribution in [1.29, 1.82) is 0 Å². The molecular weight excluding hydrogens is 259 g/mol. The van der Waals surface area contributed by atoms with Gasteiger partial charge in [0.15, 0.2) is 0 Å². The molecule has 0 aliphatic carbocycles. The monoisotopic (exact) mass is 282 g/mol. The normalized spacial score (nSPS) is 16.5. The Morgan fingerprint density at radius 2 is 2.00 bits per heavy atom. The highest BCUT2D eigenvalue weighted by Gasteiger charge is 2.37. The van der Waals surface area contributed by atoms with Gasteiger partial charge in [0.1, 0.15) is 5.78 Å². The Labute approximate surface area is 115 Å². The van der Waals surface area contributed by atoms with Crippen molar-refractivity contribution in [3.05, 3.63) is 0 Å². The number of unbranched alkanes of at least 4 members (excludes halogenated alkanes) is 3. The fourth-order valence-corrected chi connectivity index (χ4v) is 2.74. The summed E-state index contributed by atoms with van der Waals surface area (Å²) in [6, 6.07) is 0. The molecule has 0 aromatic carbocycles. The maximum Gasteiger partial charge on any atom is 0.130 e. The second-order valence-corrected chi connectivity index (χ2v) is 5.67. The average Bonchev–Trinajstić information content (AvgIpc) is 2.31. The topological polar surface area (TPSA) is 37.3 Å². The molecule has 4 heteroatoms. The Hall–Kier alpha value is 0.210. The molecule has 0 aromatic heterocycles.